The largest absolute Gasteiger partial charge is 0.511 e. The maximum absolute atomic E-state index is 12.8. The first kappa shape index (κ1) is 14.7. The van der Waals surface area contributed by atoms with E-state index in [4.69, 9.17) is 0 Å². The topological polar surface area (TPSA) is 52.9 Å². The number of carbonyl (C=O) groups excluding carboxylic acids is 1. The maximum Gasteiger partial charge on any atom is 0.259 e. The van der Waals surface area contributed by atoms with E-state index in [0.29, 0.717) is 18.5 Å². The van der Waals surface area contributed by atoms with Crippen LogP contribution in [-0.4, -0.2) is 28.7 Å². The molecule has 1 N–H and O–H groups in total. The molecule has 4 heteroatoms. The highest BCUT2D eigenvalue weighted by Crippen LogP contribution is 2.38. The van der Waals surface area contributed by atoms with Crippen molar-refractivity contribution in [2.75, 3.05) is 6.54 Å². The zero-order valence-corrected chi connectivity index (χ0v) is 13.2. The van der Waals surface area contributed by atoms with Crippen LogP contribution in [0, 0.1) is 0 Å². The molecule has 1 amide bonds. The van der Waals surface area contributed by atoms with E-state index in [0.717, 1.165) is 17.7 Å². The predicted molar refractivity (Wildman–Crippen MR) is 93.5 cm³/mol. The Kier molecular flexibility index (Phi) is 3.65. The van der Waals surface area contributed by atoms with Gasteiger partial charge in [-0.1, -0.05) is 42.5 Å². The summed E-state index contributed by atoms with van der Waals surface area (Å²) in [5, 5.41) is 10.4. The fourth-order valence-electron chi connectivity index (χ4n) is 3.47. The minimum Gasteiger partial charge on any atom is -0.511 e. The molecule has 4 nitrogen and oxygen atoms in total. The van der Waals surface area contributed by atoms with Crippen LogP contribution in [0.1, 0.15) is 23.6 Å². The number of hydrogen-bond donors (Lipinski definition) is 1. The van der Waals surface area contributed by atoms with Gasteiger partial charge in [-0.3, -0.25) is 9.79 Å². The van der Waals surface area contributed by atoms with E-state index in [1.165, 1.54) is 11.8 Å². The molecule has 0 aromatic heterocycles. The van der Waals surface area contributed by atoms with Crippen molar-refractivity contribution in [1.29, 1.82) is 0 Å². The quantitative estimate of drug-likeness (QED) is 0.858. The van der Waals surface area contributed by atoms with Crippen LogP contribution in [0.4, 0.5) is 5.69 Å². The molecular formula is C20H18N2O2. The van der Waals surface area contributed by atoms with Crippen LogP contribution in [0.5, 0.6) is 0 Å². The summed E-state index contributed by atoms with van der Waals surface area (Å²) in [4.78, 5) is 19.0. The molecule has 1 atom stereocenters. The first-order valence-electron chi connectivity index (χ1n) is 8.14. The number of nitrogens with zero attached hydrogens (tertiary/aromatic N) is 2. The summed E-state index contributed by atoms with van der Waals surface area (Å²) >= 11 is 0. The Bertz CT molecular complexity index is 840. The second-order valence-corrected chi connectivity index (χ2v) is 6.12. The summed E-state index contributed by atoms with van der Waals surface area (Å²) < 4.78 is 0. The fraction of sp³-hybridized carbons (Fsp3) is 0.200. The van der Waals surface area contributed by atoms with Crippen LogP contribution < -0.4 is 0 Å². The van der Waals surface area contributed by atoms with Crippen molar-refractivity contribution in [3.8, 4) is 0 Å². The van der Waals surface area contributed by atoms with E-state index >= 15 is 0 Å². The third-order valence-corrected chi connectivity index (χ3v) is 4.70. The summed E-state index contributed by atoms with van der Waals surface area (Å²) in [7, 11) is 0. The molecule has 0 aliphatic carbocycles. The van der Waals surface area contributed by atoms with E-state index in [2.05, 4.69) is 17.1 Å². The molecule has 2 aromatic rings. The van der Waals surface area contributed by atoms with Crippen molar-refractivity contribution in [3.05, 3.63) is 77.1 Å². The van der Waals surface area contributed by atoms with Gasteiger partial charge in [0.25, 0.3) is 5.91 Å². The van der Waals surface area contributed by atoms with Gasteiger partial charge >= 0.3 is 0 Å². The number of benzene rings is 2. The monoisotopic (exact) mass is 318 g/mol. The van der Waals surface area contributed by atoms with Gasteiger partial charge in [-0.2, -0.15) is 0 Å². The summed E-state index contributed by atoms with van der Waals surface area (Å²) in [5.74, 6) is -0.0180. The number of aliphatic hydroxyl groups is 1. The smallest absolute Gasteiger partial charge is 0.259 e. The Morgan fingerprint density at radius 2 is 1.83 bits per heavy atom. The van der Waals surface area contributed by atoms with Gasteiger partial charge in [0.2, 0.25) is 0 Å². The zero-order chi connectivity index (χ0) is 16.5. The van der Waals surface area contributed by atoms with Crippen LogP contribution >= 0.6 is 0 Å². The molecule has 0 bridgehead atoms. The van der Waals surface area contributed by atoms with Gasteiger partial charge in [0.1, 0.15) is 5.76 Å². The van der Waals surface area contributed by atoms with Crippen molar-refractivity contribution < 1.29 is 9.90 Å². The minimum atomic E-state index is -0.141. The molecule has 120 valence electrons. The van der Waals surface area contributed by atoms with Gasteiger partial charge in [0.05, 0.1) is 17.3 Å². The molecule has 2 heterocycles. The van der Waals surface area contributed by atoms with E-state index < -0.39 is 0 Å². The number of amides is 1. The first-order chi connectivity index (χ1) is 11.7. The zero-order valence-electron chi connectivity index (χ0n) is 13.2. The molecular weight excluding hydrogens is 300 g/mol. The van der Waals surface area contributed by atoms with Gasteiger partial charge in [0.15, 0.2) is 0 Å². The highest BCUT2D eigenvalue weighted by Gasteiger charge is 2.37. The normalized spacial score (nSPS) is 20.2. The number of carbonyl (C=O) groups is 1. The third-order valence-electron chi connectivity index (χ3n) is 4.70. The SMILES string of the molecule is O=C1C(C=Nc2ccccc2)=C(O)C[C@@H]2c3ccccc3CCN12. The lowest BCUT2D eigenvalue weighted by Crippen LogP contribution is -2.44. The predicted octanol–water partition coefficient (Wildman–Crippen LogP) is 3.73. The highest BCUT2D eigenvalue weighted by molar-refractivity contribution is 6.13. The third kappa shape index (κ3) is 2.50. The molecule has 0 radical (unpaired) electrons. The van der Waals surface area contributed by atoms with Gasteiger partial charge in [-0.25, -0.2) is 0 Å². The van der Waals surface area contributed by atoms with Crippen LogP contribution in [0.15, 0.2) is 70.9 Å². The highest BCUT2D eigenvalue weighted by atomic mass is 16.3. The number of para-hydroxylation sites is 1. The lowest BCUT2D eigenvalue weighted by atomic mass is 9.86. The number of rotatable bonds is 2. The minimum absolute atomic E-state index is 0.0728. The molecule has 2 aliphatic heterocycles. The average molecular weight is 318 g/mol. The molecule has 0 spiro atoms. The van der Waals surface area contributed by atoms with Gasteiger partial charge in [-0.15, -0.1) is 0 Å². The van der Waals surface area contributed by atoms with Crippen molar-refractivity contribution in [3.63, 3.8) is 0 Å². The lowest BCUT2D eigenvalue weighted by molar-refractivity contribution is -0.130. The summed E-state index contributed by atoms with van der Waals surface area (Å²) in [6.07, 6.45) is 2.78. The first-order valence-corrected chi connectivity index (χ1v) is 8.14. The summed E-state index contributed by atoms with van der Waals surface area (Å²) in [6.45, 7) is 0.677. The molecule has 0 saturated heterocycles. The van der Waals surface area contributed by atoms with Gasteiger partial charge in [-0.05, 0) is 29.7 Å². The van der Waals surface area contributed by atoms with E-state index in [1.54, 1.807) is 0 Å². The van der Waals surface area contributed by atoms with E-state index in [-0.39, 0.29) is 17.7 Å². The summed E-state index contributed by atoms with van der Waals surface area (Å²) in [6, 6.07) is 17.5. The van der Waals surface area contributed by atoms with Crippen LogP contribution in [-0.2, 0) is 11.2 Å². The molecule has 24 heavy (non-hydrogen) atoms. The second kappa shape index (κ2) is 5.96. The Labute approximate surface area is 140 Å². The van der Waals surface area contributed by atoms with E-state index in [9.17, 15) is 9.90 Å². The second-order valence-electron chi connectivity index (χ2n) is 6.12. The van der Waals surface area contributed by atoms with Crippen LogP contribution in [0.3, 0.4) is 0 Å². The van der Waals surface area contributed by atoms with Crippen LogP contribution in [0.2, 0.25) is 0 Å². The molecule has 0 saturated carbocycles. The van der Waals surface area contributed by atoms with Crippen LogP contribution in [0.25, 0.3) is 0 Å². The molecule has 4 rings (SSSR count). The molecule has 0 fully saturated rings. The number of hydrogen-bond acceptors (Lipinski definition) is 3. The Hall–Kier alpha value is -2.88. The Morgan fingerprint density at radius 1 is 1.08 bits per heavy atom. The standard InChI is InChI=1S/C20H18N2O2/c23-19-12-18-16-9-5-4-6-14(16)10-11-22(18)20(24)17(19)13-21-15-7-2-1-3-8-15/h1-9,13,18,23H,10-12H2/t18-/m1/s1. The molecule has 2 aliphatic rings. The Balaban J connectivity index is 1.67. The summed E-state index contributed by atoms with van der Waals surface area (Å²) in [5.41, 5.74) is 3.47. The Morgan fingerprint density at radius 3 is 2.67 bits per heavy atom. The maximum atomic E-state index is 12.8. The number of aliphatic imine (C=N–C) groups is 1. The molecule has 0 unspecified atom stereocenters. The molecule has 2 aromatic carbocycles. The van der Waals surface area contributed by atoms with Crippen molar-refractivity contribution in [2.45, 2.75) is 18.9 Å². The average Bonchev–Trinajstić information content (AvgIpc) is 2.62. The van der Waals surface area contributed by atoms with E-state index in [1.807, 2.05) is 47.4 Å². The van der Waals surface area contributed by atoms with Crippen molar-refractivity contribution in [1.82, 2.24) is 4.90 Å². The number of aliphatic hydroxyl groups excluding tert-OH is 1. The van der Waals surface area contributed by atoms with Gasteiger partial charge in [0, 0.05) is 19.2 Å². The van der Waals surface area contributed by atoms with Crippen molar-refractivity contribution in [2.24, 2.45) is 4.99 Å². The lowest BCUT2D eigenvalue weighted by Gasteiger charge is -2.40. The van der Waals surface area contributed by atoms with Crippen molar-refractivity contribution >= 4 is 17.8 Å². The number of fused-ring (bicyclic) bond motifs is 3. The van der Waals surface area contributed by atoms with Gasteiger partial charge < -0.3 is 10.0 Å². The fourth-order valence-corrected chi connectivity index (χ4v) is 3.47.